The highest BCUT2D eigenvalue weighted by Gasteiger charge is 2.22. The minimum atomic E-state index is -0.379. The number of esters is 1. The molecule has 2 aromatic rings. The molecular weight excluding hydrogens is 254 g/mol. The van der Waals surface area contributed by atoms with E-state index in [0.717, 1.165) is 11.0 Å². The molecule has 0 bridgehead atoms. The Hall–Kier alpha value is -2.04. The van der Waals surface area contributed by atoms with Crippen molar-refractivity contribution in [3.05, 3.63) is 24.3 Å². The number of imidazole rings is 1. The maximum Gasteiger partial charge on any atom is 0.328 e. The molecular formula is C15H21N3O2. The van der Waals surface area contributed by atoms with Gasteiger partial charge >= 0.3 is 5.97 Å². The third kappa shape index (κ3) is 2.92. The van der Waals surface area contributed by atoms with E-state index >= 15 is 0 Å². The van der Waals surface area contributed by atoms with Crippen molar-refractivity contribution in [2.75, 3.05) is 12.4 Å². The Morgan fingerprint density at radius 3 is 2.70 bits per heavy atom. The van der Waals surface area contributed by atoms with Crippen LogP contribution in [0.1, 0.15) is 20.3 Å². The highest BCUT2D eigenvalue weighted by atomic mass is 16.5. The molecule has 5 nitrogen and oxygen atoms in total. The highest BCUT2D eigenvalue weighted by Crippen LogP contribution is 2.19. The number of carbonyl (C=O) groups is 1. The monoisotopic (exact) mass is 275 g/mol. The van der Waals surface area contributed by atoms with Gasteiger partial charge in [-0.15, -0.1) is 0 Å². The van der Waals surface area contributed by atoms with Crippen LogP contribution in [0.15, 0.2) is 24.3 Å². The molecule has 5 heteroatoms. The van der Waals surface area contributed by atoms with E-state index in [1.54, 1.807) is 0 Å². The van der Waals surface area contributed by atoms with Gasteiger partial charge in [0, 0.05) is 7.05 Å². The summed E-state index contributed by atoms with van der Waals surface area (Å²) in [4.78, 5) is 16.4. The minimum Gasteiger partial charge on any atom is -0.467 e. The van der Waals surface area contributed by atoms with Crippen LogP contribution in [0, 0.1) is 5.92 Å². The van der Waals surface area contributed by atoms with Crippen LogP contribution < -0.4 is 5.32 Å². The van der Waals surface area contributed by atoms with E-state index in [1.165, 1.54) is 7.11 Å². The topological polar surface area (TPSA) is 56.1 Å². The van der Waals surface area contributed by atoms with Gasteiger partial charge < -0.3 is 14.6 Å². The first-order chi connectivity index (χ1) is 9.52. The molecule has 20 heavy (non-hydrogen) atoms. The summed E-state index contributed by atoms with van der Waals surface area (Å²) in [5.41, 5.74) is 1.94. The first-order valence-corrected chi connectivity index (χ1v) is 6.78. The van der Waals surface area contributed by atoms with Gasteiger partial charge in [0.25, 0.3) is 0 Å². The number of methoxy groups -OCH3 is 1. The van der Waals surface area contributed by atoms with Gasteiger partial charge in [-0.1, -0.05) is 26.0 Å². The molecule has 0 saturated carbocycles. The van der Waals surface area contributed by atoms with E-state index < -0.39 is 0 Å². The van der Waals surface area contributed by atoms with E-state index in [4.69, 9.17) is 4.74 Å². The number of fused-ring (bicyclic) bond motifs is 1. The molecule has 1 aromatic heterocycles. The summed E-state index contributed by atoms with van der Waals surface area (Å²) in [6.45, 7) is 4.15. The molecule has 1 heterocycles. The molecule has 0 amide bonds. The molecule has 0 spiro atoms. The van der Waals surface area contributed by atoms with Crippen molar-refractivity contribution in [2.45, 2.75) is 26.3 Å². The van der Waals surface area contributed by atoms with Gasteiger partial charge in [0.05, 0.1) is 18.1 Å². The lowest BCUT2D eigenvalue weighted by Gasteiger charge is -2.18. The second kappa shape index (κ2) is 5.94. The van der Waals surface area contributed by atoms with Crippen molar-refractivity contribution in [1.82, 2.24) is 9.55 Å². The normalized spacial score (nSPS) is 12.7. The van der Waals surface area contributed by atoms with Crippen LogP contribution in [0.2, 0.25) is 0 Å². The molecule has 1 aromatic carbocycles. The minimum absolute atomic E-state index is 0.259. The number of hydrogen-bond acceptors (Lipinski definition) is 4. The zero-order valence-corrected chi connectivity index (χ0v) is 12.4. The Morgan fingerprint density at radius 2 is 2.10 bits per heavy atom. The summed E-state index contributed by atoms with van der Waals surface area (Å²) in [5, 5.41) is 3.20. The largest absolute Gasteiger partial charge is 0.467 e. The van der Waals surface area contributed by atoms with Gasteiger partial charge in [-0.25, -0.2) is 9.78 Å². The molecule has 0 aliphatic heterocycles. The fourth-order valence-electron chi connectivity index (χ4n) is 2.26. The van der Waals surface area contributed by atoms with Crippen molar-refractivity contribution in [2.24, 2.45) is 13.0 Å². The van der Waals surface area contributed by atoms with Crippen LogP contribution in [-0.2, 0) is 16.6 Å². The molecule has 0 aliphatic carbocycles. The van der Waals surface area contributed by atoms with Crippen LogP contribution in [0.4, 0.5) is 5.95 Å². The Balaban J connectivity index is 2.28. The molecule has 1 atom stereocenters. The Labute approximate surface area is 118 Å². The number of nitrogens with zero attached hydrogens (tertiary/aromatic N) is 2. The summed E-state index contributed by atoms with van der Waals surface area (Å²) < 4.78 is 6.81. The van der Waals surface area contributed by atoms with Crippen LogP contribution in [0.5, 0.6) is 0 Å². The maximum absolute atomic E-state index is 11.9. The molecule has 2 rings (SSSR count). The van der Waals surface area contributed by atoms with Crippen molar-refractivity contribution in [3.8, 4) is 0 Å². The fraction of sp³-hybridized carbons (Fsp3) is 0.467. The van der Waals surface area contributed by atoms with Crippen molar-refractivity contribution in [1.29, 1.82) is 0 Å². The SMILES string of the molecule is COC(=O)C(CC(C)C)Nc1nc2ccccc2n1C. The average molecular weight is 275 g/mol. The van der Waals surface area contributed by atoms with Crippen LogP contribution in [0.25, 0.3) is 11.0 Å². The molecule has 0 saturated heterocycles. The summed E-state index contributed by atoms with van der Waals surface area (Å²) in [6, 6.07) is 7.50. The Morgan fingerprint density at radius 1 is 1.40 bits per heavy atom. The van der Waals surface area contributed by atoms with Crippen LogP contribution >= 0.6 is 0 Å². The highest BCUT2D eigenvalue weighted by molar-refractivity contribution is 5.81. The number of hydrogen-bond donors (Lipinski definition) is 1. The Bertz CT molecular complexity index is 604. The lowest BCUT2D eigenvalue weighted by molar-refractivity contribution is -0.141. The molecule has 108 valence electrons. The second-order valence-electron chi connectivity index (χ2n) is 5.33. The summed E-state index contributed by atoms with van der Waals surface area (Å²) in [7, 11) is 3.34. The third-order valence-corrected chi connectivity index (χ3v) is 3.28. The molecule has 0 aliphatic rings. The lowest BCUT2D eigenvalue weighted by Crippen LogP contribution is -2.33. The lowest BCUT2D eigenvalue weighted by atomic mass is 10.0. The number of benzene rings is 1. The number of aromatic nitrogens is 2. The number of carbonyl (C=O) groups excluding carboxylic acids is 1. The maximum atomic E-state index is 11.9. The van der Waals surface area contributed by atoms with Gasteiger partial charge in [0.15, 0.2) is 0 Å². The third-order valence-electron chi connectivity index (χ3n) is 3.28. The van der Waals surface area contributed by atoms with Gasteiger partial charge in [0.1, 0.15) is 6.04 Å². The van der Waals surface area contributed by atoms with E-state index in [1.807, 2.05) is 35.9 Å². The van der Waals surface area contributed by atoms with Crippen molar-refractivity contribution < 1.29 is 9.53 Å². The predicted molar refractivity (Wildman–Crippen MR) is 79.6 cm³/mol. The van der Waals surface area contributed by atoms with E-state index in [2.05, 4.69) is 24.1 Å². The Kier molecular flexibility index (Phi) is 4.27. The van der Waals surface area contributed by atoms with E-state index in [-0.39, 0.29) is 12.0 Å². The zero-order valence-electron chi connectivity index (χ0n) is 12.4. The molecule has 1 unspecified atom stereocenters. The van der Waals surface area contributed by atoms with Crippen LogP contribution in [-0.4, -0.2) is 28.7 Å². The first-order valence-electron chi connectivity index (χ1n) is 6.78. The zero-order chi connectivity index (χ0) is 14.7. The van der Waals surface area contributed by atoms with E-state index in [0.29, 0.717) is 18.3 Å². The number of nitrogens with one attached hydrogen (secondary N) is 1. The fourth-order valence-corrected chi connectivity index (χ4v) is 2.26. The second-order valence-corrected chi connectivity index (χ2v) is 5.33. The smallest absolute Gasteiger partial charge is 0.328 e. The van der Waals surface area contributed by atoms with Gasteiger partial charge in [0.2, 0.25) is 5.95 Å². The summed E-state index contributed by atoms with van der Waals surface area (Å²) in [5.74, 6) is 0.814. The molecule has 1 N–H and O–H groups in total. The average Bonchev–Trinajstić information content (AvgIpc) is 2.74. The first kappa shape index (κ1) is 14.4. The van der Waals surface area contributed by atoms with Crippen molar-refractivity contribution >= 4 is 23.0 Å². The number of ether oxygens (including phenoxy) is 1. The molecule has 0 fully saturated rings. The standard InChI is InChI=1S/C15H21N3O2/c1-10(2)9-12(14(19)20-4)17-15-16-11-7-5-6-8-13(11)18(15)3/h5-8,10,12H,9H2,1-4H3,(H,16,17). The number of aryl methyl sites for hydroxylation is 1. The predicted octanol–water partition coefficient (Wildman–Crippen LogP) is 2.57. The number of rotatable bonds is 5. The summed E-state index contributed by atoms with van der Waals surface area (Å²) in [6.07, 6.45) is 0.704. The number of anilines is 1. The quantitative estimate of drug-likeness (QED) is 0.852. The van der Waals surface area contributed by atoms with Gasteiger partial charge in [-0.2, -0.15) is 0 Å². The van der Waals surface area contributed by atoms with Crippen LogP contribution in [0.3, 0.4) is 0 Å². The van der Waals surface area contributed by atoms with Crippen molar-refractivity contribution in [3.63, 3.8) is 0 Å². The molecule has 0 radical (unpaired) electrons. The summed E-state index contributed by atoms with van der Waals surface area (Å²) >= 11 is 0. The van der Waals surface area contributed by atoms with Gasteiger partial charge in [-0.05, 0) is 24.5 Å². The van der Waals surface area contributed by atoms with E-state index in [9.17, 15) is 4.79 Å². The number of para-hydroxylation sites is 2. The van der Waals surface area contributed by atoms with Gasteiger partial charge in [-0.3, -0.25) is 0 Å².